The molecule has 0 aromatic heterocycles. The van der Waals surface area contributed by atoms with Crippen LogP contribution in [0.25, 0.3) is 0 Å². The molecule has 0 saturated heterocycles. The molecule has 0 aliphatic heterocycles. The SMILES string of the molecule is COc1cccc(C(=O)NC[C@](C)(O)C2CCCC2)c1. The Bertz CT molecular complexity index is 465. The molecule has 110 valence electrons. The first-order valence-corrected chi connectivity index (χ1v) is 7.17. The van der Waals surface area contributed by atoms with Crippen LogP contribution >= 0.6 is 0 Å². The maximum absolute atomic E-state index is 12.1. The monoisotopic (exact) mass is 277 g/mol. The zero-order valence-electron chi connectivity index (χ0n) is 12.2. The van der Waals surface area contributed by atoms with E-state index >= 15 is 0 Å². The van der Waals surface area contributed by atoms with Crippen LogP contribution in [0.4, 0.5) is 0 Å². The van der Waals surface area contributed by atoms with Crippen LogP contribution in [0.5, 0.6) is 5.75 Å². The maximum Gasteiger partial charge on any atom is 0.251 e. The molecule has 1 atom stereocenters. The zero-order chi connectivity index (χ0) is 14.6. The van der Waals surface area contributed by atoms with Gasteiger partial charge in [-0.2, -0.15) is 0 Å². The molecule has 0 heterocycles. The van der Waals surface area contributed by atoms with Crippen molar-refractivity contribution in [3.05, 3.63) is 29.8 Å². The normalized spacial score (nSPS) is 18.6. The number of carbonyl (C=O) groups excluding carboxylic acids is 1. The summed E-state index contributed by atoms with van der Waals surface area (Å²) < 4.78 is 5.10. The highest BCUT2D eigenvalue weighted by molar-refractivity contribution is 5.94. The van der Waals surface area contributed by atoms with Crippen LogP contribution in [0.1, 0.15) is 43.0 Å². The minimum atomic E-state index is -0.828. The number of amides is 1. The first kappa shape index (κ1) is 14.9. The summed E-state index contributed by atoms with van der Waals surface area (Å²) in [4.78, 5) is 12.1. The lowest BCUT2D eigenvalue weighted by Gasteiger charge is -2.30. The Hall–Kier alpha value is -1.55. The fourth-order valence-corrected chi connectivity index (χ4v) is 2.82. The van der Waals surface area contributed by atoms with E-state index in [4.69, 9.17) is 4.74 Å². The molecule has 4 heteroatoms. The highest BCUT2D eigenvalue weighted by Gasteiger charge is 2.34. The third kappa shape index (κ3) is 3.51. The Morgan fingerprint density at radius 3 is 2.80 bits per heavy atom. The number of hydrogen-bond donors (Lipinski definition) is 2. The van der Waals surface area contributed by atoms with E-state index in [1.54, 1.807) is 31.4 Å². The third-order valence-electron chi connectivity index (χ3n) is 4.17. The molecule has 1 saturated carbocycles. The number of hydrogen-bond acceptors (Lipinski definition) is 3. The van der Waals surface area contributed by atoms with Gasteiger partial charge in [-0.25, -0.2) is 0 Å². The Labute approximate surface area is 120 Å². The molecule has 20 heavy (non-hydrogen) atoms. The lowest BCUT2D eigenvalue weighted by molar-refractivity contribution is 0.00284. The summed E-state index contributed by atoms with van der Waals surface area (Å²) in [6, 6.07) is 7.01. The molecule has 0 unspecified atom stereocenters. The molecule has 1 fully saturated rings. The van der Waals surface area contributed by atoms with Crippen LogP contribution in [0.15, 0.2) is 24.3 Å². The molecule has 1 aromatic rings. The fourth-order valence-electron chi connectivity index (χ4n) is 2.82. The lowest BCUT2D eigenvalue weighted by atomic mass is 9.87. The summed E-state index contributed by atoms with van der Waals surface area (Å²) in [5.74, 6) is 0.760. The smallest absolute Gasteiger partial charge is 0.251 e. The maximum atomic E-state index is 12.1. The number of aliphatic hydroxyl groups is 1. The predicted molar refractivity (Wildman–Crippen MR) is 77.9 cm³/mol. The average Bonchev–Trinajstić information content (AvgIpc) is 3.00. The van der Waals surface area contributed by atoms with E-state index < -0.39 is 5.60 Å². The van der Waals surface area contributed by atoms with Gasteiger partial charge in [-0.1, -0.05) is 18.9 Å². The second kappa shape index (κ2) is 6.27. The van der Waals surface area contributed by atoms with Crippen molar-refractivity contribution in [2.45, 2.75) is 38.2 Å². The van der Waals surface area contributed by atoms with Crippen LogP contribution in [0, 0.1) is 5.92 Å². The first-order chi connectivity index (χ1) is 9.53. The Kier molecular flexibility index (Phi) is 4.65. The number of nitrogens with one attached hydrogen (secondary N) is 1. The highest BCUT2D eigenvalue weighted by Crippen LogP contribution is 2.33. The summed E-state index contributed by atoms with van der Waals surface area (Å²) >= 11 is 0. The van der Waals surface area contributed by atoms with Crippen molar-refractivity contribution in [2.24, 2.45) is 5.92 Å². The predicted octanol–water partition coefficient (Wildman–Crippen LogP) is 2.37. The Morgan fingerprint density at radius 1 is 1.45 bits per heavy atom. The zero-order valence-corrected chi connectivity index (χ0v) is 12.2. The lowest BCUT2D eigenvalue weighted by Crippen LogP contribution is -2.45. The Morgan fingerprint density at radius 2 is 2.15 bits per heavy atom. The van der Waals surface area contributed by atoms with Gasteiger partial charge in [0.25, 0.3) is 5.91 Å². The quantitative estimate of drug-likeness (QED) is 0.868. The van der Waals surface area contributed by atoms with Gasteiger partial charge < -0.3 is 15.2 Å². The second-order valence-corrected chi connectivity index (χ2v) is 5.75. The third-order valence-corrected chi connectivity index (χ3v) is 4.17. The van der Waals surface area contributed by atoms with Crippen molar-refractivity contribution >= 4 is 5.91 Å². The van der Waals surface area contributed by atoms with E-state index in [9.17, 15) is 9.90 Å². The molecule has 1 amide bonds. The molecule has 0 radical (unpaired) electrons. The van der Waals surface area contributed by atoms with Gasteiger partial charge in [0.05, 0.1) is 12.7 Å². The first-order valence-electron chi connectivity index (χ1n) is 7.17. The number of ether oxygens (including phenoxy) is 1. The van der Waals surface area contributed by atoms with E-state index in [1.165, 1.54) is 12.8 Å². The minimum absolute atomic E-state index is 0.179. The van der Waals surface area contributed by atoms with E-state index in [0.717, 1.165) is 12.8 Å². The van der Waals surface area contributed by atoms with Gasteiger partial charge in [0.15, 0.2) is 0 Å². The summed E-state index contributed by atoms with van der Waals surface area (Å²) in [7, 11) is 1.57. The van der Waals surface area contributed by atoms with Crippen LogP contribution < -0.4 is 10.1 Å². The van der Waals surface area contributed by atoms with E-state index in [0.29, 0.717) is 11.3 Å². The van der Waals surface area contributed by atoms with Crippen LogP contribution in [0.2, 0.25) is 0 Å². The molecule has 1 aromatic carbocycles. The van der Waals surface area contributed by atoms with Gasteiger partial charge in [0, 0.05) is 12.1 Å². The number of methoxy groups -OCH3 is 1. The molecule has 0 bridgehead atoms. The molecule has 2 N–H and O–H groups in total. The van der Waals surface area contributed by atoms with Crippen LogP contribution in [-0.4, -0.2) is 30.3 Å². The largest absolute Gasteiger partial charge is 0.497 e. The van der Waals surface area contributed by atoms with Crippen molar-refractivity contribution in [3.8, 4) is 5.75 Å². The van der Waals surface area contributed by atoms with Crippen molar-refractivity contribution in [1.82, 2.24) is 5.32 Å². The van der Waals surface area contributed by atoms with Crippen molar-refractivity contribution in [2.75, 3.05) is 13.7 Å². The van der Waals surface area contributed by atoms with Gasteiger partial charge in [-0.15, -0.1) is 0 Å². The molecule has 0 spiro atoms. The van der Waals surface area contributed by atoms with Crippen molar-refractivity contribution in [1.29, 1.82) is 0 Å². The summed E-state index contributed by atoms with van der Waals surface area (Å²) in [5, 5.41) is 13.3. The van der Waals surface area contributed by atoms with Gasteiger partial charge in [0.2, 0.25) is 0 Å². The standard InChI is InChI=1S/C16H23NO3/c1-16(19,13-7-3-4-8-13)11-17-15(18)12-6-5-9-14(10-12)20-2/h5-6,9-10,13,19H,3-4,7-8,11H2,1-2H3,(H,17,18)/t16-/m0/s1. The molecular formula is C16H23NO3. The number of benzene rings is 1. The summed E-state index contributed by atoms with van der Waals surface area (Å²) in [5.41, 5.74) is -0.281. The highest BCUT2D eigenvalue weighted by atomic mass is 16.5. The van der Waals surface area contributed by atoms with Crippen LogP contribution in [-0.2, 0) is 0 Å². The van der Waals surface area contributed by atoms with Gasteiger partial charge >= 0.3 is 0 Å². The number of rotatable bonds is 5. The van der Waals surface area contributed by atoms with E-state index in [1.807, 2.05) is 6.92 Å². The molecule has 2 rings (SSSR count). The summed E-state index contributed by atoms with van der Waals surface area (Å²) in [6.07, 6.45) is 4.43. The molecule has 4 nitrogen and oxygen atoms in total. The second-order valence-electron chi connectivity index (χ2n) is 5.75. The number of carbonyl (C=O) groups is 1. The topological polar surface area (TPSA) is 58.6 Å². The van der Waals surface area contributed by atoms with E-state index in [-0.39, 0.29) is 18.4 Å². The Balaban J connectivity index is 1.94. The summed E-state index contributed by atoms with van der Waals surface area (Å²) in [6.45, 7) is 2.10. The average molecular weight is 277 g/mol. The van der Waals surface area contributed by atoms with Gasteiger partial charge in [-0.05, 0) is 43.9 Å². The van der Waals surface area contributed by atoms with Gasteiger partial charge in [-0.3, -0.25) is 4.79 Å². The van der Waals surface area contributed by atoms with Gasteiger partial charge in [0.1, 0.15) is 5.75 Å². The molecular weight excluding hydrogens is 254 g/mol. The molecule has 1 aliphatic carbocycles. The fraction of sp³-hybridized carbons (Fsp3) is 0.562. The minimum Gasteiger partial charge on any atom is -0.497 e. The van der Waals surface area contributed by atoms with E-state index in [2.05, 4.69) is 5.32 Å². The van der Waals surface area contributed by atoms with Crippen molar-refractivity contribution in [3.63, 3.8) is 0 Å². The molecule has 1 aliphatic rings. The van der Waals surface area contributed by atoms with Crippen molar-refractivity contribution < 1.29 is 14.6 Å². The van der Waals surface area contributed by atoms with Crippen LogP contribution in [0.3, 0.4) is 0 Å².